The summed E-state index contributed by atoms with van der Waals surface area (Å²) in [5.41, 5.74) is 18.1. The van der Waals surface area contributed by atoms with E-state index in [-0.39, 0.29) is 10.8 Å². The first-order chi connectivity index (χ1) is 28.3. The van der Waals surface area contributed by atoms with Crippen LogP contribution >= 0.6 is 0 Å². The van der Waals surface area contributed by atoms with Crippen molar-refractivity contribution < 1.29 is 4.42 Å². The second kappa shape index (κ2) is 11.8. The van der Waals surface area contributed by atoms with Gasteiger partial charge in [-0.15, -0.1) is 0 Å². The Morgan fingerprint density at radius 2 is 0.862 bits per heavy atom. The Balaban J connectivity index is 1.08. The van der Waals surface area contributed by atoms with E-state index in [1.165, 1.54) is 66.1 Å². The van der Waals surface area contributed by atoms with Crippen molar-refractivity contribution in [2.45, 2.75) is 38.5 Å². The largest absolute Gasteiger partial charge is 0.455 e. The third-order valence-corrected chi connectivity index (χ3v) is 13.4. The average Bonchev–Trinajstić information content (AvgIpc) is 3.82. The van der Waals surface area contributed by atoms with Crippen molar-refractivity contribution in [2.24, 2.45) is 0 Å². The van der Waals surface area contributed by atoms with E-state index in [9.17, 15) is 0 Å². The van der Waals surface area contributed by atoms with Crippen molar-refractivity contribution in [2.75, 3.05) is 4.90 Å². The minimum absolute atomic E-state index is 0.127. The lowest BCUT2D eigenvalue weighted by Gasteiger charge is -2.30. The standard InChI is InChI=1S/C56H41NO/c1-55(2)48-23-9-7-16-40(48)42-28-26-36(32-50(42)55)57(37-27-29-43-41-17-8-10-24-49(41)56(3,4)51(43)33-37)52-25-13-19-38-39(18-11-20-44(38)52)45-21-12-22-46-47-30-34-14-5-6-15-35(34)31-53(47)58-54(45)46/h5-33H,1-4H3. The lowest BCUT2D eigenvalue weighted by molar-refractivity contribution is 0.660. The summed E-state index contributed by atoms with van der Waals surface area (Å²) in [6.07, 6.45) is 0. The second-order valence-electron chi connectivity index (χ2n) is 17.3. The van der Waals surface area contributed by atoms with Crippen LogP contribution in [0.4, 0.5) is 17.1 Å². The molecule has 0 saturated heterocycles. The normalized spacial score (nSPS) is 14.5. The first-order valence-corrected chi connectivity index (χ1v) is 20.4. The highest BCUT2D eigenvalue weighted by Crippen LogP contribution is 2.54. The molecule has 0 spiro atoms. The van der Waals surface area contributed by atoms with Crippen molar-refractivity contribution in [3.63, 3.8) is 0 Å². The van der Waals surface area contributed by atoms with E-state index >= 15 is 0 Å². The first-order valence-electron chi connectivity index (χ1n) is 20.4. The van der Waals surface area contributed by atoms with Crippen LogP contribution in [0.25, 0.3) is 76.9 Å². The van der Waals surface area contributed by atoms with Crippen molar-refractivity contribution in [1.29, 1.82) is 0 Å². The summed E-state index contributed by atoms with van der Waals surface area (Å²) in [5, 5.41) is 7.05. The molecule has 0 bridgehead atoms. The molecule has 2 aliphatic rings. The molecule has 9 aromatic carbocycles. The number of nitrogens with zero attached hydrogens (tertiary/aromatic N) is 1. The van der Waals surface area contributed by atoms with E-state index in [2.05, 4.69) is 209 Å². The third kappa shape index (κ3) is 4.54. The third-order valence-electron chi connectivity index (χ3n) is 13.4. The Bertz CT molecular complexity index is 3250. The Kier molecular flexibility index (Phi) is 6.78. The van der Waals surface area contributed by atoms with Crippen molar-refractivity contribution in [3.05, 3.63) is 198 Å². The van der Waals surface area contributed by atoms with Gasteiger partial charge in [0.25, 0.3) is 0 Å². The highest BCUT2D eigenvalue weighted by Gasteiger charge is 2.38. The van der Waals surface area contributed by atoms with Gasteiger partial charge in [0.15, 0.2) is 0 Å². The quantitative estimate of drug-likeness (QED) is 0.178. The molecule has 10 aromatic rings. The molecule has 0 radical (unpaired) electrons. The van der Waals surface area contributed by atoms with Crippen LogP contribution in [0.1, 0.15) is 49.9 Å². The molecule has 2 aliphatic carbocycles. The van der Waals surface area contributed by atoms with Crippen LogP contribution in [0.2, 0.25) is 0 Å². The van der Waals surface area contributed by atoms with Crippen molar-refractivity contribution in [1.82, 2.24) is 0 Å². The Hall–Kier alpha value is -6.90. The van der Waals surface area contributed by atoms with Crippen LogP contribution in [0.15, 0.2) is 180 Å². The van der Waals surface area contributed by atoms with Gasteiger partial charge in [-0.2, -0.15) is 0 Å². The van der Waals surface area contributed by atoms with Gasteiger partial charge in [0.2, 0.25) is 0 Å². The van der Waals surface area contributed by atoms with Gasteiger partial charge in [-0.1, -0.05) is 161 Å². The smallest absolute Gasteiger partial charge is 0.143 e. The maximum Gasteiger partial charge on any atom is 0.143 e. The molecule has 1 heterocycles. The number of para-hydroxylation sites is 1. The summed E-state index contributed by atoms with van der Waals surface area (Å²) in [6, 6.07) is 65.1. The maximum absolute atomic E-state index is 6.78. The number of benzene rings is 9. The van der Waals surface area contributed by atoms with Crippen LogP contribution < -0.4 is 4.90 Å². The Morgan fingerprint density at radius 3 is 1.52 bits per heavy atom. The monoisotopic (exact) mass is 743 g/mol. The van der Waals surface area contributed by atoms with Crippen LogP contribution in [-0.2, 0) is 10.8 Å². The Morgan fingerprint density at radius 1 is 0.362 bits per heavy atom. The molecule has 58 heavy (non-hydrogen) atoms. The van der Waals surface area contributed by atoms with Gasteiger partial charge in [-0.05, 0) is 109 Å². The van der Waals surface area contributed by atoms with Crippen LogP contribution in [0, 0.1) is 0 Å². The van der Waals surface area contributed by atoms with Crippen LogP contribution in [0.5, 0.6) is 0 Å². The Labute approximate surface area is 338 Å². The van der Waals surface area contributed by atoms with E-state index in [4.69, 9.17) is 4.42 Å². The minimum Gasteiger partial charge on any atom is -0.455 e. The number of hydrogen-bond donors (Lipinski definition) is 0. The van der Waals surface area contributed by atoms with Gasteiger partial charge < -0.3 is 9.32 Å². The molecular formula is C56H41NO. The molecule has 0 atom stereocenters. The lowest BCUT2D eigenvalue weighted by Crippen LogP contribution is -2.18. The van der Waals surface area contributed by atoms with Gasteiger partial charge in [-0.25, -0.2) is 0 Å². The predicted molar refractivity (Wildman–Crippen MR) is 244 cm³/mol. The van der Waals surface area contributed by atoms with Gasteiger partial charge in [-0.3, -0.25) is 0 Å². The summed E-state index contributed by atoms with van der Waals surface area (Å²) in [6.45, 7) is 9.47. The molecule has 276 valence electrons. The highest BCUT2D eigenvalue weighted by atomic mass is 16.3. The SMILES string of the molecule is CC1(C)c2ccccc2-c2ccc(N(c3ccc4c(c3)C(C)(C)c3ccccc3-4)c3cccc4c(-c5cccc6c5oc5cc7ccccc7cc56)cccc34)cc21. The molecule has 0 fully saturated rings. The zero-order chi connectivity index (χ0) is 38.9. The van der Waals surface area contributed by atoms with Crippen LogP contribution in [-0.4, -0.2) is 0 Å². The van der Waals surface area contributed by atoms with E-state index in [1.54, 1.807) is 0 Å². The number of furan rings is 1. The summed E-state index contributed by atoms with van der Waals surface area (Å²) in [4.78, 5) is 2.50. The van der Waals surface area contributed by atoms with Crippen LogP contribution in [0.3, 0.4) is 0 Å². The van der Waals surface area contributed by atoms with Crippen molar-refractivity contribution >= 4 is 60.5 Å². The number of hydrogen-bond acceptors (Lipinski definition) is 2. The molecule has 1 aromatic heterocycles. The fourth-order valence-electron chi connectivity index (χ4n) is 10.5. The lowest BCUT2D eigenvalue weighted by atomic mass is 9.82. The first kappa shape index (κ1) is 33.3. The van der Waals surface area contributed by atoms with Gasteiger partial charge >= 0.3 is 0 Å². The minimum atomic E-state index is -0.127. The fourth-order valence-corrected chi connectivity index (χ4v) is 10.5. The van der Waals surface area contributed by atoms with E-state index in [0.717, 1.165) is 50.1 Å². The zero-order valence-electron chi connectivity index (χ0n) is 33.1. The van der Waals surface area contributed by atoms with E-state index in [1.807, 2.05) is 0 Å². The van der Waals surface area contributed by atoms with Gasteiger partial charge in [0.1, 0.15) is 11.2 Å². The summed E-state index contributed by atoms with van der Waals surface area (Å²) in [5.74, 6) is 0. The molecule has 2 nitrogen and oxygen atoms in total. The van der Waals surface area contributed by atoms with E-state index < -0.39 is 0 Å². The van der Waals surface area contributed by atoms with E-state index in [0.29, 0.717) is 0 Å². The second-order valence-corrected chi connectivity index (χ2v) is 17.3. The fraction of sp³-hybridized carbons (Fsp3) is 0.107. The number of rotatable bonds is 4. The molecule has 12 rings (SSSR count). The maximum atomic E-state index is 6.78. The number of anilines is 3. The highest BCUT2D eigenvalue weighted by molar-refractivity contribution is 6.16. The molecule has 0 saturated carbocycles. The van der Waals surface area contributed by atoms with Gasteiger partial charge in [0, 0.05) is 43.9 Å². The topological polar surface area (TPSA) is 16.4 Å². The van der Waals surface area contributed by atoms with Crippen molar-refractivity contribution in [3.8, 4) is 33.4 Å². The predicted octanol–water partition coefficient (Wildman–Crippen LogP) is 15.6. The molecule has 0 N–H and O–H groups in total. The summed E-state index contributed by atoms with van der Waals surface area (Å²) >= 11 is 0. The molecule has 0 aliphatic heterocycles. The van der Waals surface area contributed by atoms with Gasteiger partial charge in [0.05, 0.1) is 5.69 Å². The summed E-state index contributed by atoms with van der Waals surface area (Å²) < 4.78 is 6.78. The molecule has 0 amide bonds. The molecule has 2 heteroatoms. The number of fused-ring (bicyclic) bond motifs is 11. The molecule has 0 unspecified atom stereocenters. The summed E-state index contributed by atoms with van der Waals surface area (Å²) in [7, 11) is 0. The molecular weight excluding hydrogens is 703 g/mol. The average molecular weight is 744 g/mol. The zero-order valence-corrected chi connectivity index (χ0v) is 33.1.